The molecule has 2 heteroatoms. The Balaban J connectivity index is 2.59. The van der Waals surface area contributed by atoms with Gasteiger partial charge in [-0.05, 0) is 38.5 Å². The monoisotopic (exact) mass is 184 g/mol. The summed E-state index contributed by atoms with van der Waals surface area (Å²) in [5, 5.41) is 3.67. The number of nitrogens with one attached hydrogen (secondary N) is 1. The van der Waals surface area contributed by atoms with Gasteiger partial charge in [0.05, 0.1) is 0 Å². The normalized spacial score (nSPS) is 26.5. The van der Waals surface area contributed by atoms with Crippen LogP contribution in [0.25, 0.3) is 0 Å². The highest BCUT2D eigenvalue weighted by Crippen LogP contribution is 2.53. The van der Waals surface area contributed by atoms with E-state index < -0.39 is 0 Å². The molecule has 1 fully saturated rings. The van der Waals surface area contributed by atoms with Crippen molar-refractivity contribution in [3.63, 3.8) is 0 Å². The van der Waals surface area contributed by atoms with Gasteiger partial charge in [0.15, 0.2) is 0 Å². The molecule has 0 spiro atoms. The molecule has 2 unspecified atom stereocenters. The quantitative estimate of drug-likeness (QED) is 0.685. The van der Waals surface area contributed by atoms with E-state index in [-0.39, 0.29) is 5.54 Å². The summed E-state index contributed by atoms with van der Waals surface area (Å²) in [6, 6.07) is 0.575. The van der Waals surface area contributed by atoms with Crippen LogP contribution in [-0.4, -0.2) is 18.1 Å². The fourth-order valence-electron chi connectivity index (χ4n) is 1.86. The third-order valence-electron chi connectivity index (χ3n) is 3.92. The van der Waals surface area contributed by atoms with E-state index in [0.29, 0.717) is 11.5 Å². The lowest BCUT2D eigenvalue weighted by Gasteiger charge is -2.38. The highest BCUT2D eigenvalue weighted by Gasteiger charge is 2.52. The standard InChI is InChI=1S/C11H24N2/c1-5-9(2)13-11(4,8-12)10(3)6-7-10/h9,13H,5-8,12H2,1-4H3. The molecule has 78 valence electrons. The van der Waals surface area contributed by atoms with E-state index in [2.05, 4.69) is 33.0 Å². The number of nitrogens with two attached hydrogens (primary N) is 1. The van der Waals surface area contributed by atoms with Crippen molar-refractivity contribution in [1.29, 1.82) is 0 Å². The zero-order chi connectivity index (χ0) is 10.1. The Kier molecular flexibility index (Phi) is 3.03. The van der Waals surface area contributed by atoms with Crippen LogP contribution in [0, 0.1) is 5.41 Å². The summed E-state index contributed by atoms with van der Waals surface area (Å²) in [4.78, 5) is 0. The molecule has 0 aromatic heterocycles. The van der Waals surface area contributed by atoms with Crippen LogP contribution >= 0.6 is 0 Å². The van der Waals surface area contributed by atoms with Gasteiger partial charge in [0.2, 0.25) is 0 Å². The van der Waals surface area contributed by atoms with Crippen molar-refractivity contribution in [2.24, 2.45) is 11.1 Å². The summed E-state index contributed by atoms with van der Waals surface area (Å²) >= 11 is 0. The number of hydrogen-bond acceptors (Lipinski definition) is 2. The average Bonchev–Trinajstić information content (AvgIpc) is 2.84. The van der Waals surface area contributed by atoms with Crippen LogP contribution in [0.1, 0.15) is 47.0 Å². The Bertz CT molecular complexity index is 175. The number of rotatable bonds is 5. The van der Waals surface area contributed by atoms with Gasteiger partial charge in [-0.25, -0.2) is 0 Å². The van der Waals surface area contributed by atoms with E-state index in [1.54, 1.807) is 0 Å². The van der Waals surface area contributed by atoms with Crippen LogP contribution < -0.4 is 11.1 Å². The van der Waals surface area contributed by atoms with Crippen molar-refractivity contribution in [2.75, 3.05) is 6.54 Å². The summed E-state index contributed by atoms with van der Waals surface area (Å²) < 4.78 is 0. The molecule has 0 aliphatic heterocycles. The zero-order valence-electron chi connectivity index (χ0n) is 9.48. The molecular formula is C11H24N2. The SMILES string of the molecule is CCC(C)NC(C)(CN)C1(C)CC1. The van der Waals surface area contributed by atoms with E-state index >= 15 is 0 Å². The maximum Gasteiger partial charge on any atom is 0.0331 e. The minimum Gasteiger partial charge on any atom is -0.329 e. The van der Waals surface area contributed by atoms with E-state index in [1.807, 2.05) is 0 Å². The lowest BCUT2D eigenvalue weighted by atomic mass is 9.83. The Morgan fingerprint density at radius 3 is 2.38 bits per heavy atom. The molecule has 0 bridgehead atoms. The predicted octanol–water partition coefficient (Wildman–Crippen LogP) is 1.89. The van der Waals surface area contributed by atoms with Crippen molar-refractivity contribution in [3.8, 4) is 0 Å². The van der Waals surface area contributed by atoms with Crippen LogP contribution in [0.3, 0.4) is 0 Å². The van der Waals surface area contributed by atoms with Gasteiger partial charge in [0.25, 0.3) is 0 Å². The van der Waals surface area contributed by atoms with Crippen molar-refractivity contribution in [3.05, 3.63) is 0 Å². The largest absolute Gasteiger partial charge is 0.329 e. The molecule has 1 aliphatic rings. The molecule has 0 heterocycles. The van der Waals surface area contributed by atoms with Crippen LogP contribution in [0.4, 0.5) is 0 Å². The second kappa shape index (κ2) is 3.58. The highest BCUT2D eigenvalue weighted by atomic mass is 15.0. The van der Waals surface area contributed by atoms with Gasteiger partial charge >= 0.3 is 0 Å². The highest BCUT2D eigenvalue weighted by molar-refractivity contribution is 5.09. The molecule has 1 saturated carbocycles. The lowest BCUT2D eigenvalue weighted by Crippen LogP contribution is -2.57. The Morgan fingerprint density at radius 2 is 2.08 bits per heavy atom. The Morgan fingerprint density at radius 1 is 1.54 bits per heavy atom. The van der Waals surface area contributed by atoms with Gasteiger partial charge in [-0.2, -0.15) is 0 Å². The second-order valence-corrected chi connectivity index (χ2v) is 5.05. The third-order valence-corrected chi connectivity index (χ3v) is 3.92. The molecule has 13 heavy (non-hydrogen) atoms. The zero-order valence-corrected chi connectivity index (χ0v) is 9.48. The second-order valence-electron chi connectivity index (χ2n) is 5.05. The molecule has 1 aliphatic carbocycles. The third kappa shape index (κ3) is 2.05. The maximum absolute atomic E-state index is 5.87. The van der Waals surface area contributed by atoms with Crippen molar-refractivity contribution in [2.45, 2.75) is 58.5 Å². The minimum atomic E-state index is 0.141. The molecule has 0 aromatic rings. The maximum atomic E-state index is 5.87. The van der Waals surface area contributed by atoms with Gasteiger partial charge in [0.1, 0.15) is 0 Å². The molecule has 2 atom stereocenters. The molecule has 0 saturated heterocycles. The first-order valence-electron chi connectivity index (χ1n) is 5.45. The average molecular weight is 184 g/mol. The summed E-state index contributed by atoms with van der Waals surface area (Å²) in [6.07, 6.45) is 3.82. The van der Waals surface area contributed by atoms with Gasteiger partial charge < -0.3 is 11.1 Å². The molecule has 1 rings (SSSR count). The molecule has 0 amide bonds. The van der Waals surface area contributed by atoms with Crippen molar-refractivity contribution >= 4 is 0 Å². The lowest BCUT2D eigenvalue weighted by molar-refractivity contribution is 0.209. The first kappa shape index (κ1) is 11.0. The Hall–Kier alpha value is -0.0800. The van der Waals surface area contributed by atoms with Gasteiger partial charge in [-0.3, -0.25) is 0 Å². The molecule has 2 nitrogen and oxygen atoms in total. The van der Waals surface area contributed by atoms with Crippen molar-refractivity contribution < 1.29 is 0 Å². The van der Waals surface area contributed by atoms with E-state index in [0.717, 1.165) is 6.54 Å². The van der Waals surface area contributed by atoms with E-state index in [9.17, 15) is 0 Å². The molecule has 0 aromatic carbocycles. The summed E-state index contributed by atoms with van der Waals surface area (Å²) in [7, 11) is 0. The van der Waals surface area contributed by atoms with Gasteiger partial charge in [-0.1, -0.05) is 13.8 Å². The van der Waals surface area contributed by atoms with E-state index in [1.165, 1.54) is 19.3 Å². The fourth-order valence-corrected chi connectivity index (χ4v) is 1.86. The molecule has 0 radical (unpaired) electrons. The summed E-state index contributed by atoms with van der Waals surface area (Å²) in [5.74, 6) is 0. The minimum absolute atomic E-state index is 0.141. The van der Waals surface area contributed by atoms with E-state index in [4.69, 9.17) is 5.73 Å². The van der Waals surface area contributed by atoms with Crippen LogP contribution in [0.15, 0.2) is 0 Å². The number of hydrogen-bond donors (Lipinski definition) is 2. The Labute approximate surface area is 82.3 Å². The topological polar surface area (TPSA) is 38.0 Å². The first-order chi connectivity index (χ1) is 5.97. The first-order valence-corrected chi connectivity index (χ1v) is 5.45. The molecular weight excluding hydrogens is 160 g/mol. The van der Waals surface area contributed by atoms with Gasteiger partial charge in [0, 0.05) is 18.1 Å². The van der Waals surface area contributed by atoms with Crippen LogP contribution in [-0.2, 0) is 0 Å². The van der Waals surface area contributed by atoms with Crippen LogP contribution in [0.5, 0.6) is 0 Å². The molecule has 3 N–H and O–H groups in total. The van der Waals surface area contributed by atoms with Gasteiger partial charge in [-0.15, -0.1) is 0 Å². The predicted molar refractivity (Wildman–Crippen MR) is 57.7 cm³/mol. The fraction of sp³-hybridized carbons (Fsp3) is 1.00. The summed E-state index contributed by atoms with van der Waals surface area (Å²) in [5.41, 5.74) is 6.46. The van der Waals surface area contributed by atoms with Crippen molar-refractivity contribution in [1.82, 2.24) is 5.32 Å². The smallest absolute Gasteiger partial charge is 0.0331 e. The summed E-state index contributed by atoms with van der Waals surface area (Å²) in [6.45, 7) is 9.80. The van der Waals surface area contributed by atoms with Crippen LogP contribution in [0.2, 0.25) is 0 Å².